The molecule has 1 heterocycles. The lowest BCUT2D eigenvalue weighted by Gasteiger charge is -2.25. The number of hydrogen-bond donors (Lipinski definition) is 1. The van der Waals surface area contributed by atoms with Crippen molar-refractivity contribution in [3.8, 4) is 0 Å². The number of nitrogens with one attached hydrogen (secondary N) is 1. The van der Waals surface area contributed by atoms with E-state index in [0.29, 0.717) is 13.1 Å². The predicted molar refractivity (Wildman–Crippen MR) is 36.9 cm³/mol. The first-order chi connectivity index (χ1) is 5.34. The number of alkyl halides is 1. The van der Waals surface area contributed by atoms with E-state index >= 15 is 0 Å². The molecule has 5 heteroatoms. The first-order valence-corrected chi connectivity index (χ1v) is 3.53. The number of piperazine rings is 1. The second-order valence-electron chi connectivity index (χ2n) is 2.26. The highest BCUT2D eigenvalue weighted by Crippen LogP contribution is 1.95. The van der Waals surface area contributed by atoms with Crippen molar-refractivity contribution in [1.29, 1.82) is 0 Å². The molecule has 1 N–H and O–H groups in total. The maximum absolute atomic E-state index is 11.5. The Morgan fingerprint density at radius 3 is 2.73 bits per heavy atom. The number of carbonyl (C=O) groups excluding carboxylic acids is 1. The quantitative estimate of drug-likeness (QED) is 0.588. The molecule has 1 fully saturated rings. The highest BCUT2D eigenvalue weighted by atomic mass is 19.1. The van der Waals surface area contributed by atoms with Gasteiger partial charge < -0.3 is 15.0 Å². The Hall–Kier alpha value is -0.840. The van der Waals surface area contributed by atoms with E-state index < -0.39 is 13.0 Å². The number of rotatable bonds is 1. The molecule has 64 valence electrons. The molecule has 11 heavy (non-hydrogen) atoms. The normalized spacial score (nSPS) is 18.1. The number of hydrogen-bond acceptors (Lipinski definition) is 3. The zero-order chi connectivity index (χ0) is 8.10. The Balaban J connectivity index is 2.27. The van der Waals surface area contributed by atoms with Crippen molar-refractivity contribution in [2.45, 2.75) is 0 Å². The van der Waals surface area contributed by atoms with E-state index in [1.165, 1.54) is 4.90 Å². The van der Waals surface area contributed by atoms with Gasteiger partial charge in [-0.3, -0.25) is 0 Å². The molecule has 1 rings (SSSR count). The molecule has 0 aromatic heterocycles. The summed E-state index contributed by atoms with van der Waals surface area (Å²) in [5.41, 5.74) is 0. The molecule has 4 nitrogen and oxygen atoms in total. The molecule has 0 bridgehead atoms. The fraction of sp³-hybridized carbons (Fsp3) is 0.833. The molecule has 0 aromatic carbocycles. The fourth-order valence-electron chi connectivity index (χ4n) is 0.985. The van der Waals surface area contributed by atoms with Crippen molar-refractivity contribution in [3.05, 3.63) is 0 Å². The highest BCUT2D eigenvalue weighted by Gasteiger charge is 2.16. The first-order valence-electron chi connectivity index (χ1n) is 3.53. The number of carbonyl (C=O) groups is 1. The van der Waals surface area contributed by atoms with Crippen LogP contribution >= 0.6 is 0 Å². The van der Waals surface area contributed by atoms with Gasteiger partial charge in [-0.05, 0) is 0 Å². The smallest absolute Gasteiger partial charge is 0.412 e. The van der Waals surface area contributed by atoms with Crippen LogP contribution in [0.25, 0.3) is 0 Å². The van der Waals surface area contributed by atoms with Gasteiger partial charge in [-0.15, -0.1) is 0 Å². The van der Waals surface area contributed by atoms with Crippen molar-refractivity contribution < 1.29 is 13.9 Å². The van der Waals surface area contributed by atoms with Gasteiger partial charge >= 0.3 is 6.09 Å². The van der Waals surface area contributed by atoms with Crippen molar-refractivity contribution in [2.24, 2.45) is 0 Å². The first kappa shape index (κ1) is 8.26. The second-order valence-corrected chi connectivity index (χ2v) is 2.26. The number of amides is 1. The zero-order valence-electron chi connectivity index (χ0n) is 6.18. The summed E-state index contributed by atoms with van der Waals surface area (Å²) in [5, 5.41) is 3.07. The Kier molecular flexibility index (Phi) is 3.10. The van der Waals surface area contributed by atoms with Gasteiger partial charge in [-0.1, -0.05) is 0 Å². The molecule has 0 saturated carbocycles. The highest BCUT2D eigenvalue weighted by molar-refractivity contribution is 5.67. The van der Waals surface area contributed by atoms with Crippen LogP contribution < -0.4 is 5.32 Å². The number of ether oxygens (including phenoxy) is 1. The fourth-order valence-corrected chi connectivity index (χ4v) is 0.985. The third kappa shape index (κ3) is 2.34. The van der Waals surface area contributed by atoms with Crippen LogP contribution in [0.15, 0.2) is 0 Å². The lowest BCUT2D eigenvalue weighted by molar-refractivity contribution is 0.0618. The molecular weight excluding hydrogens is 151 g/mol. The summed E-state index contributed by atoms with van der Waals surface area (Å²) in [7, 11) is 0. The molecule has 1 saturated heterocycles. The minimum atomic E-state index is -1.04. The molecule has 0 aliphatic carbocycles. The lowest BCUT2D eigenvalue weighted by Crippen LogP contribution is -2.46. The summed E-state index contributed by atoms with van der Waals surface area (Å²) in [5.74, 6) is 0. The second kappa shape index (κ2) is 4.12. The van der Waals surface area contributed by atoms with E-state index in [4.69, 9.17) is 0 Å². The van der Waals surface area contributed by atoms with Gasteiger partial charge in [0.15, 0.2) is 0 Å². The molecule has 0 unspecified atom stereocenters. The Morgan fingerprint density at radius 2 is 2.18 bits per heavy atom. The number of nitrogens with zero attached hydrogens (tertiary/aromatic N) is 1. The van der Waals surface area contributed by atoms with Crippen molar-refractivity contribution in [2.75, 3.05) is 33.0 Å². The van der Waals surface area contributed by atoms with Crippen LogP contribution in [-0.4, -0.2) is 44.0 Å². The SMILES string of the molecule is O=C(OCF)N1CCNCC1. The van der Waals surface area contributed by atoms with Crippen LogP contribution in [-0.2, 0) is 4.74 Å². The monoisotopic (exact) mass is 162 g/mol. The van der Waals surface area contributed by atoms with Crippen LogP contribution in [0.3, 0.4) is 0 Å². The lowest BCUT2D eigenvalue weighted by atomic mass is 10.4. The molecule has 1 aliphatic rings. The summed E-state index contributed by atoms with van der Waals surface area (Å²) >= 11 is 0. The number of halogens is 1. The average Bonchev–Trinajstić information content (AvgIpc) is 2.07. The van der Waals surface area contributed by atoms with E-state index in [2.05, 4.69) is 10.1 Å². The minimum Gasteiger partial charge on any atom is -0.417 e. The standard InChI is InChI=1S/C6H11FN2O2/c7-5-11-6(10)9-3-1-8-2-4-9/h8H,1-5H2. The molecule has 0 aromatic rings. The van der Waals surface area contributed by atoms with Crippen LogP contribution in [0.1, 0.15) is 0 Å². The molecular formula is C6H11FN2O2. The molecule has 0 atom stereocenters. The summed E-state index contributed by atoms with van der Waals surface area (Å²) < 4.78 is 15.7. The van der Waals surface area contributed by atoms with Crippen LogP contribution in [0.4, 0.5) is 9.18 Å². The summed E-state index contributed by atoms with van der Waals surface area (Å²) in [6.45, 7) is 1.66. The average molecular weight is 162 g/mol. The Bertz CT molecular complexity index is 137. The van der Waals surface area contributed by atoms with E-state index in [-0.39, 0.29) is 0 Å². The molecule has 1 amide bonds. The van der Waals surface area contributed by atoms with E-state index in [9.17, 15) is 9.18 Å². The van der Waals surface area contributed by atoms with Gasteiger partial charge in [-0.25, -0.2) is 9.18 Å². The van der Waals surface area contributed by atoms with Gasteiger partial charge in [0.1, 0.15) is 0 Å². The van der Waals surface area contributed by atoms with Crippen LogP contribution in [0.2, 0.25) is 0 Å². The van der Waals surface area contributed by atoms with E-state index in [1.54, 1.807) is 0 Å². The maximum atomic E-state index is 11.5. The molecule has 0 spiro atoms. The van der Waals surface area contributed by atoms with Gasteiger partial charge in [0.2, 0.25) is 6.86 Å². The van der Waals surface area contributed by atoms with E-state index in [0.717, 1.165) is 13.1 Å². The van der Waals surface area contributed by atoms with Crippen molar-refractivity contribution >= 4 is 6.09 Å². The molecule has 1 aliphatic heterocycles. The summed E-state index contributed by atoms with van der Waals surface area (Å²) in [6.07, 6.45) is -0.561. The Labute approximate surface area is 64.3 Å². The topological polar surface area (TPSA) is 41.6 Å². The zero-order valence-corrected chi connectivity index (χ0v) is 6.18. The third-order valence-electron chi connectivity index (χ3n) is 1.55. The van der Waals surface area contributed by atoms with Crippen molar-refractivity contribution in [3.63, 3.8) is 0 Å². The summed E-state index contributed by atoms with van der Waals surface area (Å²) in [6, 6.07) is 0. The van der Waals surface area contributed by atoms with Crippen LogP contribution in [0, 0.1) is 0 Å². The third-order valence-corrected chi connectivity index (χ3v) is 1.55. The van der Waals surface area contributed by atoms with Gasteiger partial charge in [-0.2, -0.15) is 0 Å². The van der Waals surface area contributed by atoms with Crippen LogP contribution in [0.5, 0.6) is 0 Å². The summed E-state index contributed by atoms with van der Waals surface area (Å²) in [4.78, 5) is 12.3. The van der Waals surface area contributed by atoms with Gasteiger partial charge in [0.25, 0.3) is 0 Å². The Morgan fingerprint density at radius 1 is 1.55 bits per heavy atom. The molecule has 0 radical (unpaired) electrons. The van der Waals surface area contributed by atoms with Crippen molar-refractivity contribution in [1.82, 2.24) is 10.2 Å². The van der Waals surface area contributed by atoms with E-state index in [1.807, 2.05) is 0 Å². The maximum Gasteiger partial charge on any atom is 0.412 e. The van der Waals surface area contributed by atoms with Gasteiger partial charge in [0, 0.05) is 26.2 Å². The minimum absolute atomic E-state index is 0.561. The van der Waals surface area contributed by atoms with Gasteiger partial charge in [0.05, 0.1) is 0 Å². The largest absolute Gasteiger partial charge is 0.417 e. The predicted octanol–water partition coefficient (Wildman–Crippen LogP) is -0.0448.